The quantitative estimate of drug-likeness (QED) is 0.889. The number of halogens is 1. The van der Waals surface area contributed by atoms with Gasteiger partial charge in [-0.15, -0.1) is 0 Å². The normalized spacial score (nSPS) is 12.3. The van der Waals surface area contributed by atoms with Crippen molar-refractivity contribution < 1.29 is 0 Å². The third-order valence-electron chi connectivity index (χ3n) is 2.80. The molecule has 0 aromatic carbocycles. The minimum Gasteiger partial charge on any atom is -0.308 e. The minimum atomic E-state index is 0.194. The number of pyridine rings is 1. The summed E-state index contributed by atoms with van der Waals surface area (Å²) in [5.41, 5.74) is 2.20. The predicted octanol–water partition coefficient (Wildman–Crippen LogP) is 2.92. The molecule has 0 saturated carbocycles. The van der Waals surface area contributed by atoms with Crippen LogP contribution in [-0.4, -0.2) is 21.5 Å². The van der Waals surface area contributed by atoms with Gasteiger partial charge in [-0.25, -0.2) is 9.97 Å². The number of nitrogens with zero attached hydrogens (tertiary/aromatic N) is 3. The van der Waals surface area contributed by atoms with Crippen molar-refractivity contribution in [1.82, 2.24) is 20.3 Å². The van der Waals surface area contributed by atoms with E-state index in [1.165, 1.54) is 5.56 Å². The van der Waals surface area contributed by atoms with Gasteiger partial charge in [0.25, 0.3) is 0 Å². The van der Waals surface area contributed by atoms with E-state index < -0.39 is 0 Å². The summed E-state index contributed by atoms with van der Waals surface area (Å²) in [6.45, 7) is 3.13. The van der Waals surface area contributed by atoms with Crippen molar-refractivity contribution >= 4 is 15.9 Å². The molecule has 0 bridgehead atoms. The first-order valence-electron chi connectivity index (χ1n) is 6.38. The number of nitrogens with one attached hydrogen (secondary N) is 1. The molecule has 0 aliphatic carbocycles. The lowest BCUT2D eigenvalue weighted by molar-refractivity contribution is 0.516. The summed E-state index contributed by atoms with van der Waals surface area (Å²) in [7, 11) is 0. The zero-order chi connectivity index (χ0) is 13.5. The lowest BCUT2D eigenvalue weighted by Crippen LogP contribution is -2.25. The van der Waals surface area contributed by atoms with E-state index in [4.69, 9.17) is 0 Å². The van der Waals surface area contributed by atoms with Gasteiger partial charge >= 0.3 is 0 Å². The Morgan fingerprint density at radius 3 is 2.89 bits per heavy atom. The van der Waals surface area contributed by atoms with Gasteiger partial charge in [0.05, 0.1) is 11.7 Å². The molecule has 2 aromatic rings. The van der Waals surface area contributed by atoms with E-state index in [-0.39, 0.29) is 6.04 Å². The molecule has 0 fully saturated rings. The molecule has 1 atom stereocenters. The highest BCUT2D eigenvalue weighted by atomic mass is 79.9. The molecule has 0 amide bonds. The molecule has 0 spiro atoms. The number of hydrogen-bond acceptors (Lipinski definition) is 4. The second kappa shape index (κ2) is 7.31. The van der Waals surface area contributed by atoms with E-state index >= 15 is 0 Å². The maximum Gasteiger partial charge on any atom is 0.115 e. The minimum absolute atomic E-state index is 0.194. The van der Waals surface area contributed by atoms with Crippen LogP contribution in [0.1, 0.15) is 30.6 Å². The monoisotopic (exact) mass is 320 g/mol. The molecular formula is C14H17BrN4. The third kappa shape index (κ3) is 4.36. The lowest BCUT2D eigenvalue weighted by atomic mass is 10.0. The average molecular weight is 321 g/mol. The van der Waals surface area contributed by atoms with E-state index in [2.05, 4.69) is 49.2 Å². The van der Waals surface area contributed by atoms with Gasteiger partial charge in [0, 0.05) is 23.1 Å². The van der Waals surface area contributed by atoms with Crippen LogP contribution in [0.2, 0.25) is 0 Å². The first kappa shape index (κ1) is 14.1. The third-order valence-corrected chi connectivity index (χ3v) is 3.24. The van der Waals surface area contributed by atoms with Crippen molar-refractivity contribution in [3.05, 3.63) is 52.8 Å². The van der Waals surface area contributed by atoms with Crippen LogP contribution in [0.25, 0.3) is 0 Å². The molecule has 4 nitrogen and oxygen atoms in total. The van der Waals surface area contributed by atoms with Crippen LogP contribution < -0.4 is 5.32 Å². The SMILES string of the molecule is CCCNC(Cc1cncc(Br)c1)c1ccncn1. The molecule has 1 N–H and O–H groups in total. The van der Waals surface area contributed by atoms with Crippen LogP contribution in [0.15, 0.2) is 41.5 Å². The van der Waals surface area contributed by atoms with Gasteiger partial charge in [-0.1, -0.05) is 6.92 Å². The maximum absolute atomic E-state index is 4.34. The summed E-state index contributed by atoms with van der Waals surface area (Å²) in [5.74, 6) is 0. The Morgan fingerprint density at radius 1 is 1.32 bits per heavy atom. The number of aromatic nitrogens is 3. The predicted molar refractivity (Wildman–Crippen MR) is 78.7 cm³/mol. The standard InChI is InChI=1S/C14H17BrN4/c1-2-4-18-14(13-3-5-16-10-19-13)7-11-6-12(15)9-17-8-11/h3,5-6,8-10,14,18H,2,4,7H2,1H3. The summed E-state index contributed by atoms with van der Waals surface area (Å²) in [5, 5.41) is 3.52. The van der Waals surface area contributed by atoms with Crippen LogP contribution >= 0.6 is 15.9 Å². The number of hydrogen-bond donors (Lipinski definition) is 1. The molecule has 1 unspecified atom stereocenters. The Kier molecular flexibility index (Phi) is 5.42. The van der Waals surface area contributed by atoms with E-state index in [9.17, 15) is 0 Å². The fraction of sp³-hybridized carbons (Fsp3) is 0.357. The first-order chi connectivity index (χ1) is 9.29. The second-order valence-corrected chi connectivity index (χ2v) is 5.27. The molecule has 5 heteroatoms. The second-order valence-electron chi connectivity index (χ2n) is 4.36. The average Bonchev–Trinajstić information content (AvgIpc) is 2.44. The van der Waals surface area contributed by atoms with Gasteiger partial charge in [0.1, 0.15) is 6.33 Å². The van der Waals surface area contributed by atoms with Gasteiger partial charge in [-0.05, 0) is 53.0 Å². The van der Waals surface area contributed by atoms with Crippen molar-refractivity contribution in [2.75, 3.05) is 6.54 Å². The Morgan fingerprint density at radius 2 is 2.21 bits per heavy atom. The van der Waals surface area contributed by atoms with Crippen molar-refractivity contribution in [3.63, 3.8) is 0 Å². The Bertz CT molecular complexity index is 504. The highest BCUT2D eigenvalue weighted by Crippen LogP contribution is 2.18. The van der Waals surface area contributed by atoms with Crippen molar-refractivity contribution in [2.24, 2.45) is 0 Å². The molecule has 2 aromatic heterocycles. The van der Waals surface area contributed by atoms with Gasteiger partial charge in [0.2, 0.25) is 0 Å². The smallest absolute Gasteiger partial charge is 0.115 e. The van der Waals surface area contributed by atoms with Crippen molar-refractivity contribution in [1.29, 1.82) is 0 Å². The molecular weight excluding hydrogens is 304 g/mol. The van der Waals surface area contributed by atoms with Crippen LogP contribution in [0.3, 0.4) is 0 Å². The molecule has 2 heterocycles. The highest BCUT2D eigenvalue weighted by Gasteiger charge is 2.13. The van der Waals surface area contributed by atoms with Crippen LogP contribution in [-0.2, 0) is 6.42 Å². The van der Waals surface area contributed by atoms with E-state index in [1.807, 2.05) is 12.3 Å². The largest absolute Gasteiger partial charge is 0.308 e. The van der Waals surface area contributed by atoms with E-state index in [1.54, 1.807) is 18.7 Å². The number of rotatable bonds is 6. The summed E-state index contributed by atoms with van der Waals surface area (Å²) >= 11 is 3.45. The van der Waals surface area contributed by atoms with Gasteiger partial charge in [0.15, 0.2) is 0 Å². The Hall–Kier alpha value is -1.33. The topological polar surface area (TPSA) is 50.7 Å². The summed E-state index contributed by atoms with van der Waals surface area (Å²) in [6, 6.07) is 4.24. The molecule has 0 aliphatic rings. The van der Waals surface area contributed by atoms with Crippen LogP contribution in [0.5, 0.6) is 0 Å². The van der Waals surface area contributed by atoms with E-state index in [0.29, 0.717) is 0 Å². The van der Waals surface area contributed by atoms with Gasteiger partial charge < -0.3 is 5.32 Å². The maximum atomic E-state index is 4.34. The van der Waals surface area contributed by atoms with Crippen molar-refractivity contribution in [3.8, 4) is 0 Å². The fourth-order valence-corrected chi connectivity index (χ4v) is 2.32. The van der Waals surface area contributed by atoms with Crippen LogP contribution in [0.4, 0.5) is 0 Å². The Balaban J connectivity index is 2.14. The zero-order valence-corrected chi connectivity index (χ0v) is 12.5. The first-order valence-corrected chi connectivity index (χ1v) is 7.17. The molecule has 2 rings (SSSR count). The molecule has 0 saturated heterocycles. The summed E-state index contributed by atoms with van der Waals surface area (Å²) in [4.78, 5) is 12.5. The van der Waals surface area contributed by atoms with Gasteiger partial charge in [-0.2, -0.15) is 0 Å². The van der Waals surface area contributed by atoms with E-state index in [0.717, 1.165) is 29.6 Å². The fourth-order valence-electron chi connectivity index (χ4n) is 1.91. The van der Waals surface area contributed by atoms with Crippen LogP contribution in [0, 0.1) is 0 Å². The summed E-state index contributed by atoms with van der Waals surface area (Å²) in [6.07, 6.45) is 9.02. The molecule has 0 radical (unpaired) electrons. The Labute approximate surface area is 121 Å². The molecule has 100 valence electrons. The summed E-state index contributed by atoms with van der Waals surface area (Å²) < 4.78 is 1.00. The zero-order valence-electron chi connectivity index (χ0n) is 10.9. The molecule has 19 heavy (non-hydrogen) atoms. The molecule has 0 aliphatic heterocycles. The van der Waals surface area contributed by atoms with Gasteiger partial charge in [-0.3, -0.25) is 4.98 Å². The van der Waals surface area contributed by atoms with Crippen molar-refractivity contribution in [2.45, 2.75) is 25.8 Å². The highest BCUT2D eigenvalue weighted by molar-refractivity contribution is 9.10. The lowest BCUT2D eigenvalue weighted by Gasteiger charge is -2.17.